The van der Waals surface area contributed by atoms with Crippen molar-refractivity contribution >= 4 is 64.4 Å². The van der Waals surface area contributed by atoms with Crippen LogP contribution in [0.5, 0.6) is 0 Å². The average molecular weight is 710 g/mol. The van der Waals surface area contributed by atoms with Crippen LogP contribution < -0.4 is 20.2 Å². The molecular weight excluding hydrogens is 653 g/mol. The fourth-order valence-electron chi connectivity index (χ4n) is 7.03. The van der Waals surface area contributed by atoms with Crippen LogP contribution in [0.25, 0.3) is 0 Å². The summed E-state index contributed by atoms with van der Waals surface area (Å²) in [6, 6.07) is 53.7. The van der Waals surface area contributed by atoms with Gasteiger partial charge in [0, 0.05) is 17.1 Å². The van der Waals surface area contributed by atoms with Gasteiger partial charge in [-0.05, 0) is 73.2 Å². The van der Waals surface area contributed by atoms with Gasteiger partial charge in [0.05, 0.1) is 0 Å². The van der Waals surface area contributed by atoms with Crippen LogP contribution in [0.3, 0.4) is 0 Å². The molecule has 0 aliphatic rings. The third-order valence-corrected chi connectivity index (χ3v) is 10.4. The Labute approximate surface area is 325 Å². The van der Waals surface area contributed by atoms with Gasteiger partial charge in [0.15, 0.2) is 0 Å². The van der Waals surface area contributed by atoms with Crippen molar-refractivity contribution in [3.8, 4) is 0 Å². The Hall–Kier alpha value is -5.35. The number of hydrogen-bond donors (Lipinski definition) is 0. The summed E-state index contributed by atoms with van der Waals surface area (Å²) in [5.74, 6) is 0. The molecule has 0 unspecified atom stereocenters. The molecule has 0 atom stereocenters. The van der Waals surface area contributed by atoms with Crippen molar-refractivity contribution in [2.45, 2.75) is 78.6 Å². The molecule has 0 saturated carbocycles. The summed E-state index contributed by atoms with van der Waals surface area (Å²) in [6.07, 6.45) is 10.6. The number of rotatable bonds is 18. The topological polar surface area (TPSA) is 9.72 Å². The first kappa shape index (κ1) is 38.4. The fourth-order valence-corrected chi connectivity index (χ4v) is 7.03. The molecule has 0 heterocycles. The van der Waals surface area contributed by atoms with Crippen molar-refractivity contribution in [1.82, 2.24) is 0 Å². The van der Waals surface area contributed by atoms with Crippen molar-refractivity contribution in [2.24, 2.45) is 0 Å². The molecule has 0 aliphatic heterocycles. The molecule has 4 heteroatoms. The third-order valence-electron chi connectivity index (χ3n) is 10.4. The van der Waals surface area contributed by atoms with E-state index in [4.69, 9.17) is 0 Å². The number of benzene rings is 6. The van der Waals surface area contributed by atoms with Crippen molar-refractivity contribution < 1.29 is 0 Å². The van der Waals surface area contributed by atoms with E-state index >= 15 is 0 Å². The predicted octanol–water partition coefficient (Wildman–Crippen LogP) is 13.2. The van der Waals surface area contributed by atoms with Gasteiger partial charge >= 0.3 is 174 Å². The molecule has 6 rings (SSSR count). The van der Waals surface area contributed by atoms with Crippen molar-refractivity contribution in [2.75, 3.05) is 21.7 Å². The van der Waals surface area contributed by atoms with Crippen LogP contribution in [0.1, 0.15) is 76.0 Å². The second kappa shape index (κ2) is 19.1. The van der Waals surface area contributed by atoms with E-state index in [0.717, 1.165) is 58.8 Å². The first-order valence-electron chi connectivity index (χ1n) is 20.0. The summed E-state index contributed by atoms with van der Waals surface area (Å²) >= 11 is 0. The molecule has 0 aromatic heterocycles. The van der Waals surface area contributed by atoms with E-state index in [0.29, 0.717) is 0 Å². The first-order chi connectivity index (χ1) is 26.5. The zero-order chi connectivity index (χ0) is 37.7. The molecular formula is C50H56BN3. The summed E-state index contributed by atoms with van der Waals surface area (Å²) < 4.78 is 0. The van der Waals surface area contributed by atoms with Gasteiger partial charge < -0.3 is 4.90 Å². The first-order valence-corrected chi connectivity index (χ1v) is 20.0. The zero-order valence-corrected chi connectivity index (χ0v) is 32.8. The Kier molecular flexibility index (Phi) is 13.6. The standard InChI is InChI=1S/C50H56BN3/c1-6-9-12-39-15-23-45(24-16-39)53(46-25-17-40(18-26-46)13-10-7-2)49-35-31-43(32-36-49)52(5)44-33-37-50(38-34-44)54(48-29-21-42(51-4)22-30-48)47-27-19-41(20-28-47)14-11-8-3/h15-38H,4,6-14H2,1-3,5H3. The third kappa shape index (κ3) is 9.60. The zero-order valence-electron chi connectivity index (χ0n) is 32.8. The van der Waals surface area contributed by atoms with E-state index in [9.17, 15) is 0 Å². The van der Waals surface area contributed by atoms with Gasteiger partial charge in [-0.1, -0.05) is 57.9 Å². The molecule has 0 bridgehead atoms. The van der Waals surface area contributed by atoms with Crippen LogP contribution >= 0.6 is 0 Å². The minimum atomic E-state index is 1.11. The number of unbranched alkanes of at least 4 members (excludes halogenated alkanes) is 3. The molecule has 0 radical (unpaired) electrons. The van der Waals surface area contributed by atoms with Gasteiger partial charge in [0.1, 0.15) is 0 Å². The average Bonchev–Trinajstić information content (AvgIpc) is 3.23. The maximum absolute atomic E-state index is 3.95. The Morgan fingerprint density at radius 1 is 0.370 bits per heavy atom. The van der Waals surface area contributed by atoms with Gasteiger partial charge in [0.2, 0.25) is 0 Å². The minimum absolute atomic E-state index is 1.11. The number of hydrogen-bond acceptors (Lipinski definition) is 3. The summed E-state index contributed by atoms with van der Waals surface area (Å²) in [7, 11) is 2.15. The SMILES string of the molecule is C=Bc1ccc(N(c2ccc(CCCC)cc2)c2ccc(N(C)c3ccc(N(c4ccc(CCCC)cc4)c4ccc(CCCC)cc4)cc3)cc2)cc1. The van der Waals surface area contributed by atoms with E-state index < -0.39 is 0 Å². The number of aryl methyl sites for hydroxylation is 3. The molecule has 274 valence electrons. The van der Waals surface area contributed by atoms with Gasteiger partial charge in [-0.2, -0.15) is 0 Å². The molecule has 0 amide bonds. The van der Waals surface area contributed by atoms with Crippen molar-refractivity contribution in [1.29, 1.82) is 0 Å². The van der Waals surface area contributed by atoms with Crippen molar-refractivity contribution in [3.63, 3.8) is 0 Å². The molecule has 54 heavy (non-hydrogen) atoms. The summed E-state index contributed by atoms with van der Waals surface area (Å²) in [5.41, 5.74) is 14.4. The molecule has 0 saturated heterocycles. The van der Waals surface area contributed by atoms with Crippen LogP contribution in [0.15, 0.2) is 146 Å². The van der Waals surface area contributed by atoms with Crippen LogP contribution in [-0.4, -0.2) is 20.4 Å². The van der Waals surface area contributed by atoms with E-state index in [1.54, 1.807) is 0 Å². The van der Waals surface area contributed by atoms with Crippen LogP contribution in [0.2, 0.25) is 0 Å². The second-order valence-electron chi connectivity index (χ2n) is 14.4. The molecule has 3 nitrogen and oxygen atoms in total. The van der Waals surface area contributed by atoms with Crippen molar-refractivity contribution in [3.05, 3.63) is 162 Å². The molecule has 0 N–H and O–H groups in total. The number of nitrogens with zero attached hydrogens (tertiary/aromatic N) is 3. The van der Waals surface area contributed by atoms with E-state index in [2.05, 4.69) is 195 Å². The summed E-state index contributed by atoms with van der Waals surface area (Å²) in [5, 5.41) is 0. The van der Waals surface area contributed by atoms with Crippen LogP contribution in [0.4, 0.5) is 45.5 Å². The predicted molar refractivity (Wildman–Crippen MR) is 239 cm³/mol. The summed E-state index contributed by atoms with van der Waals surface area (Å²) in [4.78, 5) is 6.96. The van der Waals surface area contributed by atoms with E-state index in [-0.39, 0.29) is 0 Å². The Morgan fingerprint density at radius 3 is 0.870 bits per heavy atom. The van der Waals surface area contributed by atoms with Crippen LogP contribution in [0, 0.1) is 0 Å². The number of anilines is 8. The Morgan fingerprint density at radius 2 is 0.611 bits per heavy atom. The molecule has 0 aliphatic carbocycles. The van der Waals surface area contributed by atoms with Gasteiger partial charge in [-0.15, -0.1) is 0 Å². The Bertz CT molecular complexity index is 1960. The van der Waals surface area contributed by atoms with E-state index in [1.165, 1.54) is 66.6 Å². The normalized spacial score (nSPS) is 10.9. The molecule has 6 aromatic rings. The summed E-state index contributed by atoms with van der Waals surface area (Å²) in [6.45, 7) is 12.6. The molecule has 0 spiro atoms. The van der Waals surface area contributed by atoms with Gasteiger partial charge in [-0.3, -0.25) is 0 Å². The molecule has 6 aromatic carbocycles. The van der Waals surface area contributed by atoms with Crippen LogP contribution in [-0.2, 0) is 19.3 Å². The fraction of sp³-hybridized carbons (Fsp3) is 0.260. The van der Waals surface area contributed by atoms with E-state index in [1.807, 2.05) is 6.92 Å². The van der Waals surface area contributed by atoms with Gasteiger partial charge in [-0.25, -0.2) is 0 Å². The quantitative estimate of drug-likeness (QED) is 0.0823. The van der Waals surface area contributed by atoms with Gasteiger partial charge in [0.25, 0.3) is 0 Å². The Balaban J connectivity index is 1.25. The monoisotopic (exact) mass is 709 g/mol. The second-order valence-corrected chi connectivity index (χ2v) is 14.4. The maximum atomic E-state index is 3.95. The molecule has 0 fully saturated rings.